The van der Waals surface area contributed by atoms with Crippen LogP contribution in [-0.4, -0.2) is 39.8 Å². The number of aryl methyl sites for hydroxylation is 3. The van der Waals surface area contributed by atoms with Crippen molar-refractivity contribution in [2.75, 3.05) is 0 Å². The van der Waals surface area contributed by atoms with Crippen LogP contribution in [0.5, 0.6) is 0 Å². The Balaban J connectivity index is 1.89. The van der Waals surface area contributed by atoms with E-state index in [1.54, 1.807) is 9.20 Å². The Labute approximate surface area is 131 Å². The van der Waals surface area contributed by atoms with Gasteiger partial charge in [0.1, 0.15) is 0 Å². The van der Waals surface area contributed by atoms with Gasteiger partial charge in [0.2, 0.25) is 0 Å². The second-order valence-electron chi connectivity index (χ2n) is 5.44. The van der Waals surface area contributed by atoms with E-state index in [0.717, 1.165) is 17.0 Å². The molecule has 3 aromatic heterocycles. The molecule has 8 heteroatoms. The van der Waals surface area contributed by atoms with Crippen LogP contribution in [0.15, 0.2) is 30.3 Å². The molecule has 8 nitrogen and oxygen atoms in total. The molecule has 0 bridgehead atoms. The molecular formula is C15H14N8. The quantitative estimate of drug-likeness (QED) is 0.560. The lowest BCUT2D eigenvalue weighted by Crippen LogP contribution is -2.10. The lowest BCUT2D eigenvalue weighted by Gasteiger charge is -2.03. The molecule has 0 aliphatic heterocycles. The van der Waals surface area contributed by atoms with Gasteiger partial charge in [0.25, 0.3) is 11.7 Å². The fourth-order valence-corrected chi connectivity index (χ4v) is 2.42. The molecular weight excluding hydrogens is 292 g/mol. The van der Waals surface area contributed by atoms with Gasteiger partial charge in [-0.2, -0.15) is 9.61 Å². The van der Waals surface area contributed by atoms with Gasteiger partial charge in [0.15, 0.2) is 5.82 Å². The molecule has 0 saturated heterocycles. The third-order valence-corrected chi connectivity index (χ3v) is 3.55. The number of benzene rings is 1. The van der Waals surface area contributed by atoms with Gasteiger partial charge in [-0.25, -0.2) is 4.68 Å². The Bertz CT molecular complexity index is 996. The number of rotatable bonds is 2. The maximum atomic E-state index is 4.50. The Morgan fingerprint density at radius 2 is 1.57 bits per heavy atom. The summed E-state index contributed by atoms with van der Waals surface area (Å²) >= 11 is 0. The Morgan fingerprint density at radius 3 is 2.26 bits per heavy atom. The van der Waals surface area contributed by atoms with Gasteiger partial charge in [0.05, 0.1) is 5.69 Å². The summed E-state index contributed by atoms with van der Waals surface area (Å²) in [4.78, 5) is 0. The first kappa shape index (κ1) is 13.5. The number of hydrogen-bond acceptors (Lipinski definition) is 6. The average molecular weight is 306 g/mol. The van der Waals surface area contributed by atoms with Crippen molar-refractivity contribution in [1.29, 1.82) is 0 Å². The summed E-state index contributed by atoms with van der Waals surface area (Å²) in [6, 6.07) is 9.97. The van der Waals surface area contributed by atoms with E-state index >= 15 is 0 Å². The van der Waals surface area contributed by atoms with Crippen molar-refractivity contribution in [2.24, 2.45) is 0 Å². The molecule has 3 heterocycles. The number of aromatic nitrogens is 8. The van der Waals surface area contributed by atoms with Crippen molar-refractivity contribution >= 4 is 5.78 Å². The molecule has 0 radical (unpaired) electrons. The van der Waals surface area contributed by atoms with Gasteiger partial charge in [-0.3, -0.25) is 0 Å². The third kappa shape index (κ3) is 2.24. The van der Waals surface area contributed by atoms with Gasteiger partial charge < -0.3 is 0 Å². The average Bonchev–Trinajstić information content (AvgIpc) is 3.10. The molecule has 0 N–H and O–H groups in total. The summed E-state index contributed by atoms with van der Waals surface area (Å²) in [6.07, 6.45) is 0. The monoisotopic (exact) mass is 306 g/mol. The van der Waals surface area contributed by atoms with Crippen molar-refractivity contribution in [3.63, 3.8) is 0 Å². The van der Waals surface area contributed by atoms with Gasteiger partial charge in [-0.1, -0.05) is 29.8 Å². The Kier molecular flexibility index (Phi) is 2.90. The normalized spacial score (nSPS) is 11.3. The van der Waals surface area contributed by atoms with E-state index in [4.69, 9.17) is 0 Å². The van der Waals surface area contributed by atoms with Crippen LogP contribution in [-0.2, 0) is 0 Å². The van der Waals surface area contributed by atoms with Gasteiger partial charge in [-0.15, -0.1) is 25.5 Å². The highest BCUT2D eigenvalue weighted by Crippen LogP contribution is 2.17. The smallest absolute Gasteiger partial charge is 0.200 e. The molecule has 0 unspecified atom stereocenters. The van der Waals surface area contributed by atoms with Gasteiger partial charge in [-0.05, 0) is 26.8 Å². The van der Waals surface area contributed by atoms with E-state index in [-0.39, 0.29) is 0 Å². The second kappa shape index (κ2) is 4.94. The van der Waals surface area contributed by atoms with E-state index < -0.39 is 0 Å². The van der Waals surface area contributed by atoms with Crippen LogP contribution in [0, 0.1) is 20.8 Å². The topological polar surface area (TPSA) is 86.7 Å². The minimum absolute atomic E-state index is 0.353. The first-order chi connectivity index (χ1) is 11.1. The highest BCUT2D eigenvalue weighted by molar-refractivity contribution is 5.57. The summed E-state index contributed by atoms with van der Waals surface area (Å²) in [5.74, 6) is 1.36. The maximum Gasteiger partial charge on any atom is 0.291 e. The highest BCUT2D eigenvalue weighted by atomic mass is 15.5. The summed E-state index contributed by atoms with van der Waals surface area (Å²) in [6.45, 7) is 5.91. The van der Waals surface area contributed by atoms with Crippen molar-refractivity contribution in [3.8, 4) is 17.3 Å². The van der Waals surface area contributed by atoms with E-state index in [1.165, 1.54) is 5.56 Å². The van der Waals surface area contributed by atoms with Crippen molar-refractivity contribution in [1.82, 2.24) is 39.8 Å². The predicted molar refractivity (Wildman–Crippen MR) is 83.1 cm³/mol. The van der Waals surface area contributed by atoms with E-state index in [0.29, 0.717) is 17.6 Å². The molecule has 0 amide bonds. The fourth-order valence-electron chi connectivity index (χ4n) is 2.42. The Hall–Kier alpha value is -3.16. The minimum atomic E-state index is 0.353. The largest absolute Gasteiger partial charge is 0.291 e. The molecule has 4 aromatic rings. The van der Waals surface area contributed by atoms with Crippen LogP contribution < -0.4 is 0 Å². The van der Waals surface area contributed by atoms with Crippen LogP contribution in [0.1, 0.15) is 17.0 Å². The molecule has 0 fully saturated rings. The number of fused-ring (bicyclic) bond motifs is 1. The summed E-state index contributed by atoms with van der Waals surface area (Å²) in [5, 5.41) is 25.3. The second-order valence-corrected chi connectivity index (χ2v) is 5.44. The zero-order chi connectivity index (χ0) is 16.0. The molecule has 0 aliphatic carbocycles. The SMILES string of the molecule is Cc1ccc(-c2nnc3nnc(-n4nc(C)cc4C)nn23)cc1. The zero-order valence-corrected chi connectivity index (χ0v) is 13.0. The lowest BCUT2D eigenvalue weighted by molar-refractivity contribution is 0.700. The summed E-state index contributed by atoms with van der Waals surface area (Å²) in [5.41, 5.74) is 3.93. The van der Waals surface area contributed by atoms with Crippen LogP contribution in [0.3, 0.4) is 0 Å². The summed E-state index contributed by atoms with van der Waals surface area (Å²) in [7, 11) is 0. The fraction of sp³-hybridized carbons (Fsp3) is 0.200. The van der Waals surface area contributed by atoms with Gasteiger partial charge >= 0.3 is 0 Å². The van der Waals surface area contributed by atoms with Crippen LogP contribution >= 0.6 is 0 Å². The first-order valence-electron chi connectivity index (χ1n) is 7.18. The molecule has 23 heavy (non-hydrogen) atoms. The molecule has 4 rings (SSSR count). The van der Waals surface area contributed by atoms with E-state index in [9.17, 15) is 0 Å². The molecule has 0 aliphatic rings. The number of hydrogen-bond donors (Lipinski definition) is 0. The predicted octanol–water partition coefficient (Wildman–Crippen LogP) is 1.69. The lowest BCUT2D eigenvalue weighted by atomic mass is 10.1. The molecule has 0 spiro atoms. The van der Waals surface area contributed by atoms with Crippen LogP contribution in [0.25, 0.3) is 23.1 Å². The van der Waals surface area contributed by atoms with Crippen molar-refractivity contribution in [2.45, 2.75) is 20.8 Å². The summed E-state index contributed by atoms with van der Waals surface area (Å²) < 4.78 is 3.24. The molecule has 0 atom stereocenters. The highest BCUT2D eigenvalue weighted by Gasteiger charge is 2.14. The molecule has 1 aromatic carbocycles. The number of nitrogens with zero attached hydrogens (tertiary/aromatic N) is 8. The third-order valence-electron chi connectivity index (χ3n) is 3.55. The zero-order valence-electron chi connectivity index (χ0n) is 13.0. The minimum Gasteiger partial charge on any atom is -0.200 e. The van der Waals surface area contributed by atoms with Crippen molar-refractivity contribution in [3.05, 3.63) is 47.3 Å². The molecule has 114 valence electrons. The van der Waals surface area contributed by atoms with Crippen LogP contribution in [0.4, 0.5) is 0 Å². The first-order valence-corrected chi connectivity index (χ1v) is 7.18. The van der Waals surface area contributed by atoms with Crippen molar-refractivity contribution < 1.29 is 0 Å². The molecule has 0 saturated carbocycles. The van der Waals surface area contributed by atoms with E-state index in [1.807, 2.05) is 51.1 Å². The Morgan fingerprint density at radius 1 is 0.826 bits per heavy atom. The standard InChI is InChI=1S/C15H14N8/c1-9-4-6-12(7-5-9)13-16-17-14-18-19-15(21-23(13)14)22-11(3)8-10(2)20-22/h4-8H,1-3H3. The van der Waals surface area contributed by atoms with E-state index in [2.05, 4.69) is 30.6 Å². The van der Waals surface area contributed by atoms with Gasteiger partial charge in [0, 0.05) is 11.3 Å². The maximum absolute atomic E-state index is 4.50. The van der Waals surface area contributed by atoms with Crippen LogP contribution in [0.2, 0.25) is 0 Å².